The number of hydrogen-bond donors (Lipinski definition) is 3. The molecule has 0 bridgehead atoms. The summed E-state index contributed by atoms with van der Waals surface area (Å²) in [5, 5.41) is 6.57. The van der Waals surface area contributed by atoms with Crippen LogP contribution in [0.2, 0.25) is 0 Å². The van der Waals surface area contributed by atoms with E-state index in [0.29, 0.717) is 10.8 Å². The van der Waals surface area contributed by atoms with Crippen LogP contribution in [0.25, 0.3) is 0 Å². The Bertz CT molecular complexity index is 772. The van der Waals surface area contributed by atoms with Crippen molar-refractivity contribution in [2.75, 3.05) is 17.7 Å². The van der Waals surface area contributed by atoms with Gasteiger partial charge in [0.25, 0.3) is 0 Å². The van der Waals surface area contributed by atoms with Crippen molar-refractivity contribution in [3.63, 3.8) is 0 Å². The first-order chi connectivity index (χ1) is 10.4. The summed E-state index contributed by atoms with van der Waals surface area (Å²) >= 11 is 5.25. The van der Waals surface area contributed by atoms with Crippen molar-refractivity contribution in [2.24, 2.45) is 0 Å². The summed E-state index contributed by atoms with van der Waals surface area (Å²) < 4.78 is 25.6. The first-order valence-electron chi connectivity index (χ1n) is 6.59. The van der Waals surface area contributed by atoms with Crippen molar-refractivity contribution in [3.05, 3.63) is 54.1 Å². The molecule has 3 N–H and O–H groups in total. The van der Waals surface area contributed by atoms with Crippen LogP contribution in [0, 0.1) is 6.92 Å². The molecule has 0 saturated carbocycles. The van der Waals surface area contributed by atoms with Crippen LogP contribution in [0.5, 0.6) is 0 Å². The zero-order valence-corrected chi connectivity index (χ0v) is 13.9. The molecular weight excluding hydrogens is 318 g/mol. The highest BCUT2D eigenvalue weighted by atomic mass is 32.2. The summed E-state index contributed by atoms with van der Waals surface area (Å²) in [5.74, 6) is 0. The van der Waals surface area contributed by atoms with Crippen LogP contribution in [0.3, 0.4) is 0 Å². The Kier molecular flexibility index (Phi) is 5.12. The van der Waals surface area contributed by atoms with Gasteiger partial charge in [-0.05, 0) is 62.1 Å². The van der Waals surface area contributed by atoms with Gasteiger partial charge in [-0.1, -0.05) is 18.2 Å². The Morgan fingerprint density at radius 1 is 1.00 bits per heavy atom. The number of hydrogen-bond acceptors (Lipinski definition) is 3. The molecule has 0 aliphatic rings. The Morgan fingerprint density at radius 3 is 2.23 bits per heavy atom. The molecule has 0 amide bonds. The van der Waals surface area contributed by atoms with Crippen LogP contribution in [-0.2, 0) is 10.0 Å². The number of para-hydroxylation sites is 1. The van der Waals surface area contributed by atoms with Crippen molar-refractivity contribution in [3.8, 4) is 0 Å². The minimum absolute atomic E-state index is 0.207. The second kappa shape index (κ2) is 6.87. The minimum Gasteiger partial charge on any atom is -0.332 e. The van der Waals surface area contributed by atoms with Crippen molar-refractivity contribution in [2.45, 2.75) is 11.8 Å². The Balaban J connectivity index is 2.05. The van der Waals surface area contributed by atoms with Gasteiger partial charge in [0.1, 0.15) is 0 Å². The van der Waals surface area contributed by atoms with Crippen molar-refractivity contribution < 1.29 is 8.42 Å². The van der Waals surface area contributed by atoms with Gasteiger partial charge in [0.15, 0.2) is 5.11 Å². The molecule has 0 aliphatic heterocycles. The number of sulfonamides is 1. The second-order valence-electron chi connectivity index (χ2n) is 4.63. The maximum atomic E-state index is 11.6. The smallest absolute Gasteiger partial charge is 0.240 e. The van der Waals surface area contributed by atoms with Crippen LogP contribution < -0.4 is 15.4 Å². The molecule has 0 aliphatic carbocycles. The molecule has 2 rings (SSSR count). The highest BCUT2D eigenvalue weighted by molar-refractivity contribution is 7.89. The molecule has 0 saturated heterocycles. The monoisotopic (exact) mass is 335 g/mol. The highest BCUT2D eigenvalue weighted by Crippen LogP contribution is 2.16. The minimum atomic E-state index is -3.42. The molecule has 0 spiro atoms. The maximum absolute atomic E-state index is 11.6. The number of aryl methyl sites for hydroxylation is 1. The maximum Gasteiger partial charge on any atom is 0.240 e. The summed E-state index contributed by atoms with van der Waals surface area (Å²) in [6, 6.07) is 14.2. The molecular formula is C15H17N3O2S2. The molecule has 2 aromatic carbocycles. The summed E-state index contributed by atoms with van der Waals surface area (Å²) in [6.07, 6.45) is 0. The predicted octanol–water partition coefficient (Wildman–Crippen LogP) is 2.71. The zero-order chi connectivity index (χ0) is 16.2. The van der Waals surface area contributed by atoms with E-state index in [4.69, 9.17) is 12.2 Å². The van der Waals surface area contributed by atoms with Crippen LogP contribution >= 0.6 is 12.2 Å². The van der Waals surface area contributed by atoms with E-state index < -0.39 is 10.0 Å². The third-order valence-corrected chi connectivity index (χ3v) is 4.72. The van der Waals surface area contributed by atoms with E-state index in [2.05, 4.69) is 15.4 Å². The highest BCUT2D eigenvalue weighted by Gasteiger charge is 2.10. The molecule has 22 heavy (non-hydrogen) atoms. The Labute approximate surface area is 135 Å². The van der Waals surface area contributed by atoms with Crippen LogP contribution in [0.4, 0.5) is 11.4 Å². The predicted molar refractivity (Wildman–Crippen MR) is 93.7 cm³/mol. The molecule has 0 unspecified atom stereocenters. The normalized spacial score (nSPS) is 11.0. The van der Waals surface area contributed by atoms with Gasteiger partial charge < -0.3 is 10.6 Å². The third kappa shape index (κ3) is 4.03. The SMILES string of the molecule is CNS(=O)(=O)c1ccc(NC(=S)Nc2ccccc2C)cc1. The molecule has 0 radical (unpaired) electrons. The van der Waals surface area contributed by atoms with Crippen molar-refractivity contribution in [1.29, 1.82) is 0 Å². The van der Waals surface area contributed by atoms with Gasteiger partial charge in [-0.15, -0.1) is 0 Å². The molecule has 7 heteroatoms. The van der Waals surface area contributed by atoms with Crippen LogP contribution in [0.15, 0.2) is 53.4 Å². The topological polar surface area (TPSA) is 70.2 Å². The van der Waals surface area contributed by atoms with E-state index in [0.717, 1.165) is 11.3 Å². The Hall–Kier alpha value is -1.96. The number of nitrogens with one attached hydrogen (secondary N) is 3. The van der Waals surface area contributed by atoms with Crippen molar-refractivity contribution >= 4 is 38.7 Å². The second-order valence-corrected chi connectivity index (χ2v) is 6.92. The van der Waals surface area contributed by atoms with Gasteiger partial charge in [-0.2, -0.15) is 0 Å². The fourth-order valence-electron chi connectivity index (χ4n) is 1.83. The summed E-state index contributed by atoms with van der Waals surface area (Å²) in [7, 11) is -2.05. The summed E-state index contributed by atoms with van der Waals surface area (Å²) in [6.45, 7) is 1.99. The number of rotatable bonds is 4. The first kappa shape index (κ1) is 16.4. The zero-order valence-electron chi connectivity index (χ0n) is 12.3. The standard InChI is InChI=1S/C15H17N3O2S2/c1-11-5-3-4-6-14(11)18-15(21)17-12-7-9-13(10-8-12)22(19,20)16-2/h3-10,16H,1-2H3,(H2,17,18,21). The van der Waals surface area contributed by atoms with E-state index in [1.165, 1.54) is 19.2 Å². The van der Waals surface area contributed by atoms with Crippen molar-refractivity contribution in [1.82, 2.24) is 4.72 Å². The molecule has 116 valence electrons. The molecule has 0 heterocycles. The first-order valence-corrected chi connectivity index (χ1v) is 8.49. The largest absolute Gasteiger partial charge is 0.332 e. The van der Waals surface area contributed by atoms with Gasteiger partial charge in [-0.3, -0.25) is 0 Å². The number of thiocarbonyl (C=S) groups is 1. The summed E-state index contributed by atoms with van der Waals surface area (Å²) in [5.41, 5.74) is 2.72. The fourth-order valence-corrected chi connectivity index (χ4v) is 2.79. The fraction of sp³-hybridized carbons (Fsp3) is 0.133. The lowest BCUT2D eigenvalue weighted by atomic mass is 10.2. The molecule has 0 aromatic heterocycles. The van der Waals surface area contributed by atoms with E-state index in [1.807, 2.05) is 31.2 Å². The number of benzene rings is 2. The lowest BCUT2D eigenvalue weighted by Gasteiger charge is -2.12. The van der Waals surface area contributed by atoms with E-state index in [-0.39, 0.29) is 4.90 Å². The van der Waals surface area contributed by atoms with E-state index >= 15 is 0 Å². The Morgan fingerprint density at radius 2 is 1.64 bits per heavy atom. The lowest BCUT2D eigenvalue weighted by Crippen LogP contribution is -2.20. The lowest BCUT2D eigenvalue weighted by molar-refractivity contribution is 0.588. The quantitative estimate of drug-likeness (QED) is 0.750. The molecule has 0 atom stereocenters. The van der Waals surface area contributed by atoms with E-state index in [1.54, 1.807) is 12.1 Å². The molecule has 5 nitrogen and oxygen atoms in total. The van der Waals surface area contributed by atoms with Gasteiger partial charge in [0.2, 0.25) is 10.0 Å². The average Bonchev–Trinajstić information content (AvgIpc) is 2.50. The van der Waals surface area contributed by atoms with Crippen LogP contribution in [-0.4, -0.2) is 20.6 Å². The van der Waals surface area contributed by atoms with Gasteiger partial charge in [0.05, 0.1) is 4.90 Å². The number of anilines is 2. The van der Waals surface area contributed by atoms with Gasteiger partial charge >= 0.3 is 0 Å². The molecule has 0 fully saturated rings. The summed E-state index contributed by atoms with van der Waals surface area (Å²) in [4.78, 5) is 0.207. The molecule has 2 aromatic rings. The average molecular weight is 335 g/mol. The van der Waals surface area contributed by atoms with E-state index in [9.17, 15) is 8.42 Å². The third-order valence-electron chi connectivity index (χ3n) is 3.08. The van der Waals surface area contributed by atoms with Gasteiger partial charge in [-0.25, -0.2) is 13.1 Å². The van der Waals surface area contributed by atoms with Crippen LogP contribution in [0.1, 0.15) is 5.56 Å². The van der Waals surface area contributed by atoms with Gasteiger partial charge in [0, 0.05) is 11.4 Å².